The lowest BCUT2D eigenvalue weighted by molar-refractivity contribution is 0.470. The zero-order chi connectivity index (χ0) is 10.7. The first kappa shape index (κ1) is 10.6. The summed E-state index contributed by atoms with van der Waals surface area (Å²) < 4.78 is 12.9. The zero-order valence-corrected chi connectivity index (χ0v) is 8.67. The van der Waals surface area contributed by atoms with E-state index in [1.54, 1.807) is 6.07 Å². The lowest BCUT2D eigenvalue weighted by Gasteiger charge is -2.18. The summed E-state index contributed by atoms with van der Waals surface area (Å²) in [4.78, 5) is 0. The smallest absolute Gasteiger partial charge is 0.123 e. The highest BCUT2D eigenvalue weighted by Crippen LogP contribution is 2.13. The number of benzene rings is 1. The van der Waals surface area contributed by atoms with Crippen molar-refractivity contribution in [3.63, 3.8) is 0 Å². The van der Waals surface area contributed by atoms with Crippen LogP contribution in [0.5, 0.6) is 0 Å². The van der Waals surface area contributed by atoms with Crippen molar-refractivity contribution < 1.29 is 4.39 Å². The van der Waals surface area contributed by atoms with Crippen LogP contribution in [0.25, 0.3) is 0 Å². The standard InChI is InChI=1S/C12H16FN2/c13-10-4-1-3-9(7-10)8-11(14)12-5-2-6-15-12/h1,3-4,7,11-12,14-15H,2,5-6,8H2. The molecule has 1 aromatic rings. The molecule has 0 spiro atoms. The Labute approximate surface area is 89.7 Å². The predicted octanol–water partition coefficient (Wildman–Crippen LogP) is 1.77. The van der Waals surface area contributed by atoms with E-state index < -0.39 is 0 Å². The third kappa shape index (κ3) is 2.76. The Morgan fingerprint density at radius 3 is 3.07 bits per heavy atom. The fourth-order valence-electron chi connectivity index (χ4n) is 2.12. The number of hydrogen-bond acceptors (Lipinski definition) is 1. The molecule has 15 heavy (non-hydrogen) atoms. The first-order chi connectivity index (χ1) is 7.25. The van der Waals surface area contributed by atoms with E-state index >= 15 is 0 Å². The molecular formula is C12H16FN2. The van der Waals surface area contributed by atoms with Crippen molar-refractivity contribution >= 4 is 0 Å². The summed E-state index contributed by atoms with van der Waals surface area (Å²) in [6.45, 7) is 1.02. The van der Waals surface area contributed by atoms with Crippen LogP contribution in [0.4, 0.5) is 4.39 Å². The van der Waals surface area contributed by atoms with Crippen molar-refractivity contribution in [1.82, 2.24) is 11.1 Å². The summed E-state index contributed by atoms with van der Waals surface area (Å²) in [5, 5.41) is 3.31. The molecule has 0 amide bonds. The highest BCUT2D eigenvalue weighted by Gasteiger charge is 2.21. The molecule has 0 bridgehead atoms. The van der Waals surface area contributed by atoms with Crippen LogP contribution >= 0.6 is 0 Å². The van der Waals surface area contributed by atoms with Gasteiger partial charge >= 0.3 is 0 Å². The van der Waals surface area contributed by atoms with Crippen LogP contribution in [-0.2, 0) is 6.42 Å². The third-order valence-electron chi connectivity index (χ3n) is 2.93. The van der Waals surface area contributed by atoms with Gasteiger partial charge in [0.1, 0.15) is 5.82 Å². The van der Waals surface area contributed by atoms with Gasteiger partial charge in [0.2, 0.25) is 0 Å². The third-order valence-corrected chi connectivity index (χ3v) is 2.93. The van der Waals surface area contributed by atoms with Crippen LogP contribution in [0.1, 0.15) is 18.4 Å². The van der Waals surface area contributed by atoms with Gasteiger partial charge in [0.05, 0.1) is 0 Å². The molecule has 2 unspecified atom stereocenters. The molecular weight excluding hydrogens is 191 g/mol. The Morgan fingerprint density at radius 2 is 2.40 bits per heavy atom. The predicted molar refractivity (Wildman–Crippen MR) is 58.0 cm³/mol. The monoisotopic (exact) mass is 207 g/mol. The van der Waals surface area contributed by atoms with Gasteiger partial charge in [-0.3, -0.25) is 5.73 Å². The van der Waals surface area contributed by atoms with E-state index in [1.807, 2.05) is 6.07 Å². The van der Waals surface area contributed by atoms with Crippen molar-refractivity contribution in [3.05, 3.63) is 35.6 Å². The Hall–Kier alpha value is -0.930. The second-order valence-electron chi connectivity index (χ2n) is 4.14. The quantitative estimate of drug-likeness (QED) is 0.805. The van der Waals surface area contributed by atoms with Crippen LogP contribution in [0.3, 0.4) is 0 Å². The molecule has 81 valence electrons. The fraction of sp³-hybridized carbons (Fsp3) is 0.500. The molecule has 0 saturated carbocycles. The molecule has 1 aliphatic rings. The van der Waals surface area contributed by atoms with Crippen molar-refractivity contribution in [2.45, 2.75) is 31.3 Å². The average Bonchev–Trinajstić information content (AvgIpc) is 2.70. The second-order valence-corrected chi connectivity index (χ2v) is 4.14. The van der Waals surface area contributed by atoms with Crippen LogP contribution in [0.2, 0.25) is 0 Å². The second kappa shape index (κ2) is 4.73. The minimum Gasteiger partial charge on any atom is -0.312 e. The summed E-state index contributed by atoms with van der Waals surface area (Å²) in [5.41, 5.74) is 8.91. The van der Waals surface area contributed by atoms with E-state index in [0.717, 1.165) is 24.9 Å². The first-order valence-corrected chi connectivity index (χ1v) is 5.44. The van der Waals surface area contributed by atoms with Gasteiger partial charge in [0.15, 0.2) is 0 Å². The van der Waals surface area contributed by atoms with Gasteiger partial charge in [-0.15, -0.1) is 0 Å². The lowest BCUT2D eigenvalue weighted by atomic mass is 9.99. The van der Waals surface area contributed by atoms with Crippen molar-refractivity contribution in [3.8, 4) is 0 Å². The van der Waals surface area contributed by atoms with Gasteiger partial charge in [-0.1, -0.05) is 12.1 Å². The molecule has 0 aliphatic carbocycles. The molecule has 2 atom stereocenters. The SMILES string of the molecule is [NH]C(Cc1cccc(F)c1)C1CCCN1. The summed E-state index contributed by atoms with van der Waals surface area (Å²) in [6.07, 6.45) is 2.86. The van der Waals surface area contributed by atoms with E-state index in [0.29, 0.717) is 6.42 Å². The molecule has 0 aromatic heterocycles. The Kier molecular flexibility index (Phi) is 3.34. The Morgan fingerprint density at radius 1 is 1.53 bits per heavy atom. The van der Waals surface area contributed by atoms with Gasteiger partial charge in [0.25, 0.3) is 0 Å². The molecule has 1 radical (unpaired) electrons. The van der Waals surface area contributed by atoms with Gasteiger partial charge in [0, 0.05) is 12.1 Å². The number of halogens is 1. The lowest BCUT2D eigenvalue weighted by Crippen LogP contribution is -2.37. The maximum absolute atomic E-state index is 12.9. The molecule has 1 aliphatic heterocycles. The van der Waals surface area contributed by atoms with Crippen molar-refractivity contribution in [2.75, 3.05) is 6.54 Å². The molecule has 2 nitrogen and oxygen atoms in total. The van der Waals surface area contributed by atoms with Gasteiger partial charge in [-0.25, -0.2) is 4.39 Å². The first-order valence-electron chi connectivity index (χ1n) is 5.44. The minimum atomic E-state index is -0.209. The largest absolute Gasteiger partial charge is 0.312 e. The zero-order valence-electron chi connectivity index (χ0n) is 8.67. The van der Waals surface area contributed by atoms with Crippen LogP contribution in [0, 0.1) is 5.82 Å². The normalized spacial score (nSPS) is 22.9. The van der Waals surface area contributed by atoms with E-state index in [1.165, 1.54) is 12.1 Å². The average molecular weight is 207 g/mol. The molecule has 1 heterocycles. The van der Waals surface area contributed by atoms with Crippen molar-refractivity contribution in [1.29, 1.82) is 0 Å². The summed E-state index contributed by atoms with van der Waals surface area (Å²) in [5.74, 6) is -0.209. The van der Waals surface area contributed by atoms with Crippen LogP contribution in [0.15, 0.2) is 24.3 Å². The maximum Gasteiger partial charge on any atom is 0.123 e. The van der Waals surface area contributed by atoms with Gasteiger partial charge in [-0.2, -0.15) is 0 Å². The highest BCUT2D eigenvalue weighted by molar-refractivity contribution is 5.17. The van der Waals surface area contributed by atoms with E-state index in [4.69, 9.17) is 5.73 Å². The Balaban J connectivity index is 1.95. The van der Waals surface area contributed by atoms with Crippen molar-refractivity contribution in [2.24, 2.45) is 0 Å². The van der Waals surface area contributed by atoms with Gasteiger partial charge in [-0.05, 0) is 43.5 Å². The topological polar surface area (TPSA) is 35.8 Å². The number of nitrogens with one attached hydrogen (secondary N) is 2. The Bertz CT molecular complexity index is 321. The molecule has 3 heteroatoms. The van der Waals surface area contributed by atoms with E-state index in [9.17, 15) is 4.39 Å². The fourth-order valence-corrected chi connectivity index (χ4v) is 2.12. The molecule has 1 saturated heterocycles. The molecule has 2 rings (SSSR count). The molecule has 1 aromatic carbocycles. The number of hydrogen-bond donors (Lipinski definition) is 1. The maximum atomic E-state index is 12.9. The molecule has 1 fully saturated rings. The van der Waals surface area contributed by atoms with Gasteiger partial charge < -0.3 is 5.32 Å². The van der Waals surface area contributed by atoms with Crippen LogP contribution in [-0.4, -0.2) is 18.6 Å². The minimum absolute atomic E-state index is 0.158. The summed E-state index contributed by atoms with van der Waals surface area (Å²) in [7, 11) is 0. The number of rotatable bonds is 3. The summed E-state index contributed by atoms with van der Waals surface area (Å²) >= 11 is 0. The van der Waals surface area contributed by atoms with Crippen LogP contribution < -0.4 is 11.1 Å². The van der Waals surface area contributed by atoms with E-state index in [2.05, 4.69) is 5.32 Å². The molecule has 2 N–H and O–H groups in total. The highest BCUT2D eigenvalue weighted by atomic mass is 19.1. The van der Waals surface area contributed by atoms with E-state index in [-0.39, 0.29) is 17.9 Å². The summed E-state index contributed by atoms with van der Waals surface area (Å²) in [6, 6.07) is 6.69.